The summed E-state index contributed by atoms with van der Waals surface area (Å²) in [4.78, 5) is 36.0. The van der Waals surface area contributed by atoms with Crippen molar-refractivity contribution in [3.8, 4) is 5.75 Å². The number of ether oxygens (including phenoxy) is 1. The van der Waals surface area contributed by atoms with Crippen LogP contribution in [0.1, 0.15) is 16.7 Å². The second kappa shape index (κ2) is 9.06. The van der Waals surface area contributed by atoms with Gasteiger partial charge in [-0.3, -0.25) is 25.0 Å². The number of amides is 3. The van der Waals surface area contributed by atoms with Gasteiger partial charge in [-0.15, -0.1) is 0 Å². The van der Waals surface area contributed by atoms with Crippen molar-refractivity contribution in [2.75, 3.05) is 11.9 Å². The van der Waals surface area contributed by atoms with E-state index in [0.717, 1.165) is 16.8 Å². The number of nitrogens with one attached hydrogen (secondary N) is 3. The van der Waals surface area contributed by atoms with E-state index in [1.54, 1.807) is 12.1 Å². The van der Waals surface area contributed by atoms with E-state index < -0.39 is 11.8 Å². The van der Waals surface area contributed by atoms with Gasteiger partial charge in [-0.2, -0.15) is 0 Å². The number of thiocarbonyl (C=S) groups is 1. The van der Waals surface area contributed by atoms with Crippen molar-refractivity contribution in [2.24, 2.45) is 0 Å². The molecule has 0 unspecified atom stereocenters. The predicted octanol–water partition coefficient (Wildman–Crippen LogP) is 2.89. The third-order valence-electron chi connectivity index (χ3n) is 4.24. The summed E-state index contributed by atoms with van der Waals surface area (Å²) in [5, 5.41) is 7.71. The van der Waals surface area contributed by atoms with Gasteiger partial charge >= 0.3 is 0 Å². The molecule has 1 fully saturated rings. The molecule has 30 heavy (non-hydrogen) atoms. The first-order valence-corrected chi connectivity index (χ1v) is 9.69. The van der Waals surface area contributed by atoms with E-state index >= 15 is 0 Å². The minimum absolute atomic E-state index is 0.0388. The number of hydrogen-bond donors (Lipinski definition) is 3. The molecule has 1 aliphatic rings. The largest absolute Gasteiger partial charge is 0.482 e. The van der Waals surface area contributed by atoms with E-state index in [4.69, 9.17) is 28.6 Å². The summed E-state index contributed by atoms with van der Waals surface area (Å²) < 4.78 is 5.50. The Kier molecular flexibility index (Phi) is 6.49. The Morgan fingerprint density at radius 1 is 1.13 bits per heavy atom. The second-order valence-electron chi connectivity index (χ2n) is 6.64. The number of carbonyl (C=O) groups excluding carboxylic acids is 3. The van der Waals surface area contributed by atoms with Crippen LogP contribution in [-0.4, -0.2) is 29.4 Å². The molecule has 0 saturated carbocycles. The van der Waals surface area contributed by atoms with E-state index in [0.29, 0.717) is 11.3 Å². The second-order valence-corrected chi connectivity index (χ2v) is 7.46. The predicted molar refractivity (Wildman–Crippen MR) is 118 cm³/mol. The van der Waals surface area contributed by atoms with Crippen LogP contribution in [0.2, 0.25) is 5.02 Å². The lowest BCUT2D eigenvalue weighted by Gasteiger charge is -2.16. The van der Waals surface area contributed by atoms with Crippen molar-refractivity contribution in [3.05, 3.63) is 63.7 Å². The van der Waals surface area contributed by atoms with Crippen LogP contribution in [0.25, 0.3) is 6.08 Å². The van der Waals surface area contributed by atoms with Crippen molar-refractivity contribution in [2.45, 2.75) is 13.8 Å². The number of hydrogen-bond acceptors (Lipinski definition) is 5. The van der Waals surface area contributed by atoms with Gasteiger partial charge in [0.05, 0.1) is 5.02 Å². The van der Waals surface area contributed by atoms with E-state index in [1.807, 2.05) is 32.0 Å². The Bertz CT molecular complexity index is 1080. The standard InChI is InChI=1S/C21H18ClN3O4S/c1-11-3-4-12(2)16(7-11)23-18(26)10-29-17-6-5-13(9-15(17)22)8-14-19(27)24-21(30)25-20(14)28/h3-9H,10H2,1-2H3,(H,23,26)(H2,24,25,27,28,30). The zero-order valence-electron chi connectivity index (χ0n) is 16.2. The lowest BCUT2D eigenvalue weighted by atomic mass is 10.1. The number of carbonyl (C=O) groups is 3. The molecule has 0 atom stereocenters. The normalized spacial score (nSPS) is 13.4. The Hall–Kier alpha value is -3.23. The molecular formula is C21H18ClN3O4S. The highest BCUT2D eigenvalue weighted by Crippen LogP contribution is 2.27. The van der Waals surface area contributed by atoms with Gasteiger partial charge in [-0.05, 0) is 67.0 Å². The Balaban J connectivity index is 1.66. The van der Waals surface area contributed by atoms with E-state index in [1.165, 1.54) is 12.1 Å². The molecular weight excluding hydrogens is 426 g/mol. The maximum absolute atomic E-state index is 12.2. The van der Waals surface area contributed by atoms with Crippen molar-refractivity contribution >= 4 is 58.4 Å². The zero-order valence-corrected chi connectivity index (χ0v) is 17.7. The van der Waals surface area contributed by atoms with Crippen LogP contribution >= 0.6 is 23.8 Å². The molecule has 3 rings (SSSR count). The van der Waals surface area contributed by atoms with Gasteiger partial charge in [-0.25, -0.2) is 0 Å². The van der Waals surface area contributed by atoms with Gasteiger partial charge in [0.1, 0.15) is 11.3 Å². The molecule has 154 valence electrons. The number of benzene rings is 2. The fourth-order valence-electron chi connectivity index (χ4n) is 2.70. The molecule has 0 aliphatic carbocycles. The first-order chi connectivity index (χ1) is 14.2. The smallest absolute Gasteiger partial charge is 0.263 e. The van der Waals surface area contributed by atoms with Gasteiger partial charge in [-0.1, -0.05) is 29.8 Å². The summed E-state index contributed by atoms with van der Waals surface area (Å²) in [7, 11) is 0. The van der Waals surface area contributed by atoms with Crippen molar-refractivity contribution in [1.82, 2.24) is 10.6 Å². The highest BCUT2D eigenvalue weighted by atomic mass is 35.5. The lowest BCUT2D eigenvalue weighted by Crippen LogP contribution is -2.51. The summed E-state index contributed by atoms with van der Waals surface area (Å²) in [5.41, 5.74) is 3.12. The number of aryl methyl sites for hydroxylation is 2. The summed E-state index contributed by atoms with van der Waals surface area (Å²) in [6.07, 6.45) is 1.38. The molecule has 1 aliphatic heterocycles. The number of halogens is 1. The summed E-state index contributed by atoms with van der Waals surface area (Å²) in [6.45, 7) is 3.62. The quantitative estimate of drug-likeness (QED) is 0.375. The first kappa shape index (κ1) is 21.5. The van der Waals surface area contributed by atoms with Gasteiger partial charge < -0.3 is 10.1 Å². The van der Waals surface area contributed by atoms with Crippen LogP contribution in [0.15, 0.2) is 42.0 Å². The molecule has 0 spiro atoms. The molecule has 3 N–H and O–H groups in total. The van der Waals surface area contributed by atoms with E-state index in [9.17, 15) is 14.4 Å². The first-order valence-electron chi connectivity index (χ1n) is 8.91. The number of rotatable bonds is 5. The van der Waals surface area contributed by atoms with E-state index in [2.05, 4.69) is 16.0 Å². The molecule has 7 nitrogen and oxygen atoms in total. The Morgan fingerprint density at radius 3 is 2.50 bits per heavy atom. The van der Waals surface area contributed by atoms with Crippen LogP contribution in [-0.2, 0) is 14.4 Å². The van der Waals surface area contributed by atoms with Gasteiger partial charge in [0.2, 0.25) is 0 Å². The minimum Gasteiger partial charge on any atom is -0.482 e. The average molecular weight is 444 g/mol. The van der Waals surface area contributed by atoms with Gasteiger partial charge in [0, 0.05) is 5.69 Å². The third kappa shape index (κ3) is 5.22. The maximum Gasteiger partial charge on any atom is 0.263 e. The van der Waals surface area contributed by atoms with Crippen molar-refractivity contribution < 1.29 is 19.1 Å². The summed E-state index contributed by atoms with van der Waals surface area (Å²) in [5.74, 6) is -1.21. The zero-order chi connectivity index (χ0) is 21.8. The van der Waals surface area contributed by atoms with Crippen LogP contribution in [0.4, 0.5) is 5.69 Å². The molecule has 3 amide bonds. The van der Waals surface area contributed by atoms with Crippen LogP contribution in [0, 0.1) is 13.8 Å². The third-order valence-corrected chi connectivity index (χ3v) is 4.74. The van der Waals surface area contributed by atoms with Gasteiger partial charge in [0.15, 0.2) is 11.7 Å². The highest BCUT2D eigenvalue weighted by molar-refractivity contribution is 7.80. The monoisotopic (exact) mass is 443 g/mol. The fourth-order valence-corrected chi connectivity index (χ4v) is 3.13. The Labute approximate surface area is 183 Å². The van der Waals surface area contributed by atoms with E-state index in [-0.39, 0.29) is 28.2 Å². The molecule has 2 aromatic carbocycles. The summed E-state index contributed by atoms with van der Waals surface area (Å²) in [6, 6.07) is 10.5. The molecule has 1 saturated heterocycles. The topological polar surface area (TPSA) is 96.5 Å². The SMILES string of the molecule is Cc1ccc(C)c(NC(=O)COc2ccc(C=C3C(=O)NC(=S)NC3=O)cc2Cl)c1. The highest BCUT2D eigenvalue weighted by Gasteiger charge is 2.25. The van der Waals surface area contributed by atoms with Crippen LogP contribution in [0.3, 0.4) is 0 Å². The maximum atomic E-state index is 12.2. The average Bonchev–Trinajstić information content (AvgIpc) is 2.67. The molecule has 9 heteroatoms. The lowest BCUT2D eigenvalue weighted by molar-refractivity contribution is -0.123. The minimum atomic E-state index is -0.594. The molecule has 0 radical (unpaired) electrons. The van der Waals surface area contributed by atoms with Crippen LogP contribution in [0.5, 0.6) is 5.75 Å². The van der Waals surface area contributed by atoms with Crippen molar-refractivity contribution in [1.29, 1.82) is 0 Å². The van der Waals surface area contributed by atoms with Crippen LogP contribution < -0.4 is 20.7 Å². The Morgan fingerprint density at radius 2 is 1.83 bits per heavy atom. The summed E-state index contributed by atoms with van der Waals surface area (Å²) >= 11 is 11.0. The number of anilines is 1. The molecule has 0 aromatic heterocycles. The fraction of sp³-hybridized carbons (Fsp3) is 0.143. The molecule has 1 heterocycles. The van der Waals surface area contributed by atoms with Crippen molar-refractivity contribution in [3.63, 3.8) is 0 Å². The molecule has 0 bridgehead atoms. The molecule has 2 aromatic rings. The van der Waals surface area contributed by atoms with Gasteiger partial charge in [0.25, 0.3) is 17.7 Å².